The van der Waals surface area contributed by atoms with Crippen molar-refractivity contribution in [1.29, 1.82) is 0 Å². The molecule has 1 fully saturated rings. The molecule has 5 heteroatoms. The Labute approximate surface area is 114 Å². The highest BCUT2D eigenvalue weighted by Crippen LogP contribution is 2.13. The SMILES string of the molecule is CC1CN(C)CCN1Cc1ccc(/C(N)=N/O)cc1. The van der Waals surface area contributed by atoms with Crippen LogP contribution in [-0.2, 0) is 6.54 Å². The number of amidine groups is 1. The van der Waals surface area contributed by atoms with Gasteiger partial charge in [-0.1, -0.05) is 29.4 Å². The Morgan fingerprint density at radius 1 is 1.37 bits per heavy atom. The van der Waals surface area contributed by atoms with Crippen molar-refractivity contribution in [2.24, 2.45) is 10.9 Å². The maximum absolute atomic E-state index is 8.63. The smallest absolute Gasteiger partial charge is 0.170 e. The fourth-order valence-corrected chi connectivity index (χ4v) is 2.49. The van der Waals surface area contributed by atoms with Gasteiger partial charge in [0.2, 0.25) is 0 Å². The van der Waals surface area contributed by atoms with Crippen LogP contribution < -0.4 is 5.73 Å². The van der Waals surface area contributed by atoms with Gasteiger partial charge in [-0.2, -0.15) is 0 Å². The fraction of sp³-hybridized carbons (Fsp3) is 0.500. The number of nitrogens with zero attached hydrogens (tertiary/aromatic N) is 3. The quantitative estimate of drug-likeness (QED) is 0.368. The zero-order valence-corrected chi connectivity index (χ0v) is 11.6. The van der Waals surface area contributed by atoms with Gasteiger partial charge >= 0.3 is 0 Å². The fourth-order valence-electron chi connectivity index (χ4n) is 2.49. The van der Waals surface area contributed by atoms with Crippen molar-refractivity contribution < 1.29 is 5.21 Å². The molecule has 0 aromatic heterocycles. The first-order chi connectivity index (χ1) is 9.10. The van der Waals surface area contributed by atoms with Crippen LogP contribution in [0.25, 0.3) is 0 Å². The molecule has 1 aromatic carbocycles. The molecule has 0 radical (unpaired) electrons. The monoisotopic (exact) mass is 262 g/mol. The van der Waals surface area contributed by atoms with Crippen LogP contribution in [0.2, 0.25) is 0 Å². The van der Waals surface area contributed by atoms with Crippen molar-refractivity contribution in [3.8, 4) is 0 Å². The lowest BCUT2D eigenvalue weighted by molar-refractivity contribution is 0.0938. The molecule has 2 rings (SSSR count). The number of piperazine rings is 1. The normalized spacial score (nSPS) is 22.6. The number of likely N-dealkylation sites (N-methyl/N-ethyl adjacent to an activating group) is 1. The van der Waals surface area contributed by atoms with Crippen LogP contribution in [0.3, 0.4) is 0 Å². The Kier molecular flexibility index (Phi) is 4.39. The second kappa shape index (κ2) is 6.04. The van der Waals surface area contributed by atoms with E-state index < -0.39 is 0 Å². The van der Waals surface area contributed by atoms with Crippen LogP contribution in [-0.4, -0.2) is 53.6 Å². The Morgan fingerprint density at radius 3 is 2.63 bits per heavy atom. The number of hydrogen-bond acceptors (Lipinski definition) is 4. The topological polar surface area (TPSA) is 65.1 Å². The molecule has 1 unspecified atom stereocenters. The van der Waals surface area contributed by atoms with Gasteiger partial charge in [0.25, 0.3) is 0 Å². The van der Waals surface area contributed by atoms with Crippen LogP contribution in [0.4, 0.5) is 0 Å². The van der Waals surface area contributed by atoms with Crippen LogP contribution in [0, 0.1) is 0 Å². The second-order valence-electron chi connectivity index (χ2n) is 5.26. The average molecular weight is 262 g/mol. The molecule has 1 atom stereocenters. The van der Waals surface area contributed by atoms with E-state index in [4.69, 9.17) is 10.9 Å². The lowest BCUT2D eigenvalue weighted by atomic mass is 10.1. The van der Waals surface area contributed by atoms with Gasteiger partial charge in [0.15, 0.2) is 5.84 Å². The molecule has 0 amide bonds. The Hall–Kier alpha value is -1.59. The van der Waals surface area contributed by atoms with Gasteiger partial charge in [-0.25, -0.2) is 0 Å². The lowest BCUT2D eigenvalue weighted by Gasteiger charge is -2.38. The first-order valence-corrected chi connectivity index (χ1v) is 6.59. The summed E-state index contributed by atoms with van der Waals surface area (Å²) in [7, 11) is 2.17. The third-order valence-electron chi connectivity index (χ3n) is 3.71. The summed E-state index contributed by atoms with van der Waals surface area (Å²) in [4.78, 5) is 4.85. The predicted octanol–water partition coefficient (Wildman–Crippen LogP) is 0.917. The van der Waals surface area contributed by atoms with Crippen molar-refractivity contribution in [2.75, 3.05) is 26.7 Å². The molecule has 1 aromatic rings. The van der Waals surface area contributed by atoms with Gasteiger partial charge in [-0.15, -0.1) is 0 Å². The molecule has 0 saturated carbocycles. The zero-order chi connectivity index (χ0) is 13.8. The van der Waals surface area contributed by atoms with E-state index in [9.17, 15) is 0 Å². The summed E-state index contributed by atoms with van der Waals surface area (Å²) < 4.78 is 0. The maximum atomic E-state index is 8.63. The first kappa shape index (κ1) is 13.8. The third kappa shape index (κ3) is 3.45. The summed E-state index contributed by atoms with van der Waals surface area (Å²) >= 11 is 0. The summed E-state index contributed by atoms with van der Waals surface area (Å²) in [5, 5.41) is 11.6. The highest BCUT2D eigenvalue weighted by atomic mass is 16.4. The van der Waals surface area contributed by atoms with E-state index in [1.54, 1.807) is 0 Å². The Morgan fingerprint density at radius 2 is 2.05 bits per heavy atom. The Bertz CT molecular complexity index is 443. The summed E-state index contributed by atoms with van der Waals surface area (Å²) in [5.74, 6) is 0.152. The number of benzene rings is 1. The molecule has 1 aliphatic rings. The molecule has 5 nitrogen and oxygen atoms in total. The molecule has 1 saturated heterocycles. The summed E-state index contributed by atoms with van der Waals surface area (Å²) in [6.45, 7) is 6.54. The summed E-state index contributed by atoms with van der Waals surface area (Å²) in [5.41, 5.74) is 7.55. The van der Waals surface area contributed by atoms with Gasteiger partial charge in [-0.3, -0.25) is 4.90 Å². The standard InChI is InChI=1S/C14H22N4O/c1-11-9-17(2)7-8-18(11)10-12-3-5-13(6-4-12)14(15)16-19/h3-6,11,19H,7-10H2,1-2H3,(H2,15,16). The van der Waals surface area contributed by atoms with Gasteiger partial charge in [0, 0.05) is 37.8 Å². The van der Waals surface area contributed by atoms with Gasteiger partial charge in [-0.05, 0) is 19.5 Å². The van der Waals surface area contributed by atoms with Crippen molar-refractivity contribution in [1.82, 2.24) is 9.80 Å². The van der Waals surface area contributed by atoms with E-state index in [0.29, 0.717) is 6.04 Å². The van der Waals surface area contributed by atoms with Gasteiger partial charge < -0.3 is 15.8 Å². The number of hydrogen-bond donors (Lipinski definition) is 2. The van der Waals surface area contributed by atoms with Gasteiger partial charge in [0.1, 0.15) is 0 Å². The van der Waals surface area contributed by atoms with Crippen molar-refractivity contribution >= 4 is 5.84 Å². The predicted molar refractivity (Wildman–Crippen MR) is 76.3 cm³/mol. The largest absolute Gasteiger partial charge is 0.409 e. The molecule has 0 aliphatic carbocycles. The molecule has 19 heavy (non-hydrogen) atoms. The highest BCUT2D eigenvalue weighted by molar-refractivity contribution is 5.96. The molecule has 1 heterocycles. The minimum atomic E-state index is 0.152. The van der Waals surface area contributed by atoms with Crippen molar-refractivity contribution in [2.45, 2.75) is 19.5 Å². The van der Waals surface area contributed by atoms with E-state index in [2.05, 4.69) is 28.9 Å². The van der Waals surface area contributed by atoms with Crippen LogP contribution >= 0.6 is 0 Å². The average Bonchev–Trinajstić information content (AvgIpc) is 2.42. The van der Waals surface area contributed by atoms with Crippen LogP contribution in [0.15, 0.2) is 29.4 Å². The summed E-state index contributed by atoms with van der Waals surface area (Å²) in [6.07, 6.45) is 0. The van der Waals surface area contributed by atoms with E-state index in [0.717, 1.165) is 31.7 Å². The van der Waals surface area contributed by atoms with E-state index in [1.807, 2.05) is 24.3 Å². The summed E-state index contributed by atoms with van der Waals surface area (Å²) in [6, 6.07) is 8.44. The Balaban J connectivity index is 2.00. The van der Waals surface area contributed by atoms with Gasteiger partial charge in [0.05, 0.1) is 0 Å². The van der Waals surface area contributed by atoms with Crippen molar-refractivity contribution in [3.05, 3.63) is 35.4 Å². The molecule has 1 aliphatic heterocycles. The van der Waals surface area contributed by atoms with E-state index >= 15 is 0 Å². The molecule has 3 N–H and O–H groups in total. The van der Waals surface area contributed by atoms with Crippen LogP contribution in [0.5, 0.6) is 0 Å². The molecular formula is C14H22N4O. The maximum Gasteiger partial charge on any atom is 0.170 e. The zero-order valence-electron chi connectivity index (χ0n) is 11.6. The molecule has 104 valence electrons. The second-order valence-corrected chi connectivity index (χ2v) is 5.26. The molecule has 0 bridgehead atoms. The number of rotatable bonds is 3. The number of oxime groups is 1. The van der Waals surface area contributed by atoms with Crippen molar-refractivity contribution in [3.63, 3.8) is 0 Å². The minimum Gasteiger partial charge on any atom is -0.409 e. The van der Waals surface area contributed by atoms with Crippen LogP contribution in [0.1, 0.15) is 18.1 Å². The first-order valence-electron chi connectivity index (χ1n) is 6.59. The number of nitrogens with two attached hydrogens (primary N) is 1. The van der Waals surface area contributed by atoms with E-state index in [-0.39, 0.29) is 5.84 Å². The van der Waals surface area contributed by atoms with E-state index in [1.165, 1.54) is 5.56 Å². The highest BCUT2D eigenvalue weighted by Gasteiger charge is 2.21. The third-order valence-corrected chi connectivity index (χ3v) is 3.71. The molecule has 0 spiro atoms. The lowest BCUT2D eigenvalue weighted by Crippen LogP contribution is -2.49. The molecular weight excluding hydrogens is 240 g/mol. The minimum absolute atomic E-state index is 0.152.